The van der Waals surface area contributed by atoms with Crippen LogP contribution in [0.4, 0.5) is 0 Å². The number of carboxylic acids is 1. The Bertz CT molecular complexity index is 252. The van der Waals surface area contributed by atoms with Gasteiger partial charge >= 0.3 is 5.97 Å². The first-order valence-corrected chi connectivity index (χ1v) is 5.55. The summed E-state index contributed by atoms with van der Waals surface area (Å²) in [5.74, 6) is -0.934. The minimum absolute atomic E-state index is 0.152. The van der Waals surface area contributed by atoms with Crippen molar-refractivity contribution >= 4 is 11.9 Å². The van der Waals surface area contributed by atoms with Gasteiger partial charge in [0, 0.05) is 6.54 Å². The highest BCUT2D eigenvalue weighted by Gasteiger charge is 2.18. The van der Waals surface area contributed by atoms with E-state index in [1.54, 1.807) is 0 Å². The van der Waals surface area contributed by atoms with Crippen LogP contribution in [0, 0.1) is 5.92 Å². The van der Waals surface area contributed by atoms with E-state index in [4.69, 9.17) is 10.8 Å². The van der Waals surface area contributed by atoms with E-state index in [0.717, 1.165) is 25.9 Å². The lowest BCUT2D eigenvalue weighted by atomic mass is 9.98. The van der Waals surface area contributed by atoms with Crippen LogP contribution in [-0.2, 0) is 9.59 Å². The van der Waals surface area contributed by atoms with Crippen molar-refractivity contribution in [2.75, 3.05) is 19.6 Å². The minimum atomic E-state index is -1.14. The number of amides is 1. The van der Waals surface area contributed by atoms with Crippen LogP contribution in [0.5, 0.6) is 0 Å². The van der Waals surface area contributed by atoms with Crippen molar-refractivity contribution in [1.82, 2.24) is 10.6 Å². The average Bonchev–Trinajstić information content (AvgIpc) is 2.27. The lowest BCUT2D eigenvalue weighted by Crippen LogP contribution is -2.40. The number of carbonyl (C=O) groups is 2. The fraction of sp³-hybridized carbons (Fsp3) is 0.800. The summed E-state index contributed by atoms with van der Waals surface area (Å²) in [6, 6.07) is -1.10. The maximum atomic E-state index is 11.3. The van der Waals surface area contributed by atoms with E-state index in [2.05, 4.69) is 10.6 Å². The molecule has 1 amide bonds. The molecule has 0 bridgehead atoms. The Hall–Kier alpha value is -1.14. The third-order valence-corrected chi connectivity index (χ3v) is 2.77. The summed E-state index contributed by atoms with van der Waals surface area (Å²) in [7, 11) is 0. The maximum Gasteiger partial charge on any atom is 0.321 e. The number of rotatable bonds is 5. The molecule has 0 saturated carbocycles. The van der Waals surface area contributed by atoms with E-state index in [-0.39, 0.29) is 12.3 Å². The van der Waals surface area contributed by atoms with Crippen molar-refractivity contribution in [3.8, 4) is 0 Å². The molecule has 1 fully saturated rings. The summed E-state index contributed by atoms with van der Waals surface area (Å²) in [5, 5.41) is 14.5. The van der Waals surface area contributed by atoms with Crippen LogP contribution in [0.15, 0.2) is 0 Å². The van der Waals surface area contributed by atoms with E-state index >= 15 is 0 Å². The zero-order valence-corrected chi connectivity index (χ0v) is 9.24. The Morgan fingerprint density at radius 3 is 2.62 bits per heavy atom. The Morgan fingerprint density at radius 2 is 2.06 bits per heavy atom. The molecule has 1 rings (SSSR count). The number of carboxylic acid groups (broad SMARTS) is 1. The van der Waals surface area contributed by atoms with Gasteiger partial charge in [-0.25, -0.2) is 0 Å². The molecule has 0 aromatic rings. The molecule has 1 aliphatic heterocycles. The molecule has 6 nitrogen and oxygen atoms in total. The lowest BCUT2D eigenvalue weighted by molar-refractivity contribution is -0.140. The van der Waals surface area contributed by atoms with Crippen LogP contribution in [0.2, 0.25) is 0 Å². The van der Waals surface area contributed by atoms with Gasteiger partial charge in [0.25, 0.3) is 0 Å². The summed E-state index contributed by atoms with van der Waals surface area (Å²) < 4.78 is 0. The van der Waals surface area contributed by atoms with Crippen LogP contribution in [0.1, 0.15) is 19.3 Å². The third kappa shape index (κ3) is 4.59. The first-order valence-electron chi connectivity index (χ1n) is 5.55. The summed E-state index contributed by atoms with van der Waals surface area (Å²) in [6.07, 6.45) is 1.94. The van der Waals surface area contributed by atoms with E-state index < -0.39 is 12.0 Å². The summed E-state index contributed by atoms with van der Waals surface area (Å²) in [4.78, 5) is 21.8. The van der Waals surface area contributed by atoms with Crippen molar-refractivity contribution in [1.29, 1.82) is 0 Å². The van der Waals surface area contributed by atoms with Gasteiger partial charge in [0.1, 0.15) is 6.04 Å². The van der Waals surface area contributed by atoms with Crippen molar-refractivity contribution in [3.05, 3.63) is 0 Å². The van der Waals surface area contributed by atoms with Crippen LogP contribution < -0.4 is 16.4 Å². The highest BCUT2D eigenvalue weighted by Crippen LogP contribution is 2.09. The first kappa shape index (κ1) is 12.9. The summed E-state index contributed by atoms with van der Waals surface area (Å²) in [6.45, 7) is 2.58. The summed E-state index contributed by atoms with van der Waals surface area (Å²) in [5.41, 5.74) is 5.26. The zero-order valence-electron chi connectivity index (χ0n) is 9.24. The Balaban J connectivity index is 2.16. The van der Waals surface area contributed by atoms with Gasteiger partial charge in [-0.2, -0.15) is 0 Å². The zero-order chi connectivity index (χ0) is 12.0. The highest BCUT2D eigenvalue weighted by molar-refractivity contribution is 5.84. The number of hydrogen-bond acceptors (Lipinski definition) is 4. The largest absolute Gasteiger partial charge is 0.480 e. The Morgan fingerprint density at radius 1 is 1.44 bits per heavy atom. The molecule has 0 spiro atoms. The Labute approximate surface area is 94.6 Å². The number of nitrogens with one attached hydrogen (secondary N) is 2. The number of nitrogens with two attached hydrogens (primary N) is 1. The molecule has 1 heterocycles. The predicted octanol–water partition coefficient (Wildman–Crippen LogP) is -1.10. The molecule has 92 valence electrons. The van der Waals surface area contributed by atoms with Gasteiger partial charge in [-0.3, -0.25) is 9.59 Å². The standard InChI is InChI=1S/C10H19N3O3/c11-8(10(15)16)5-9(14)13-6-7-1-3-12-4-2-7/h7-8,12H,1-6,11H2,(H,13,14)(H,15,16). The van der Waals surface area contributed by atoms with Gasteiger partial charge < -0.3 is 21.5 Å². The van der Waals surface area contributed by atoms with Gasteiger partial charge in [-0.1, -0.05) is 0 Å². The third-order valence-electron chi connectivity index (χ3n) is 2.77. The molecule has 0 aromatic heterocycles. The molecule has 1 atom stereocenters. The fourth-order valence-corrected chi connectivity index (χ4v) is 1.70. The molecule has 1 aliphatic rings. The van der Waals surface area contributed by atoms with Gasteiger partial charge in [0.15, 0.2) is 0 Å². The fourth-order valence-electron chi connectivity index (χ4n) is 1.70. The SMILES string of the molecule is NC(CC(=O)NCC1CCNCC1)C(=O)O. The van der Waals surface area contributed by atoms with Crippen LogP contribution in [-0.4, -0.2) is 42.7 Å². The second-order valence-corrected chi connectivity index (χ2v) is 4.15. The van der Waals surface area contributed by atoms with Gasteiger partial charge in [0.05, 0.1) is 6.42 Å². The Kier molecular flexibility index (Phi) is 5.21. The molecule has 1 saturated heterocycles. The normalized spacial score (nSPS) is 19.1. The van der Waals surface area contributed by atoms with E-state index in [0.29, 0.717) is 12.5 Å². The van der Waals surface area contributed by atoms with E-state index in [9.17, 15) is 9.59 Å². The van der Waals surface area contributed by atoms with Crippen molar-refractivity contribution in [3.63, 3.8) is 0 Å². The van der Waals surface area contributed by atoms with E-state index in [1.165, 1.54) is 0 Å². The highest BCUT2D eigenvalue weighted by atomic mass is 16.4. The molecule has 0 aliphatic carbocycles. The van der Waals surface area contributed by atoms with Gasteiger partial charge in [0.2, 0.25) is 5.91 Å². The molecule has 5 N–H and O–H groups in total. The van der Waals surface area contributed by atoms with Crippen LogP contribution >= 0.6 is 0 Å². The van der Waals surface area contributed by atoms with Gasteiger partial charge in [-0.05, 0) is 31.8 Å². The summed E-state index contributed by atoms with van der Waals surface area (Å²) >= 11 is 0. The molecular weight excluding hydrogens is 210 g/mol. The van der Waals surface area contributed by atoms with E-state index in [1.807, 2.05) is 0 Å². The average molecular weight is 229 g/mol. The second kappa shape index (κ2) is 6.44. The smallest absolute Gasteiger partial charge is 0.321 e. The maximum absolute atomic E-state index is 11.3. The van der Waals surface area contributed by atoms with Crippen LogP contribution in [0.3, 0.4) is 0 Å². The molecule has 1 unspecified atom stereocenters. The van der Waals surface area contributed by atoms with Crippen molar-refractivity contribution in [2.45, 2.75) is 25.3 Å². The lowest BCUT2D eigenvalue weighted by Gasteiger charge is -2.22. The van der Waals surface area contributed by atoms with Gasteiger partial charge in [-0.15, -0.1) is 0 Å². The number of hydrogen-bond donors (Lipinski definition) is 4. The van der Waals surface area contributed by atoms with Crippen molar-refractivity contribution < 1.29 is 14.7 Å². The minimum Gasteiger partial charge on any atom is -0.480 e. The molecule has 0 aromatic carbocycles. The number of carbonyl (C=O) groups excluding carboxylic acids is 1. The molecule has 6 heteroatoms. The molecule has 16 heavy (non-hydrogen) atoms. The quantitative estimate of drug-likeness (QED) is 0.479. The second-order valence-electron chi connectivity index (χ2n) is 4.15. The first-order chi connectivity index (χ1) is 7.59. The molecule has 0 radical (unpaired) electrons. The number of piperidine rings is 1. The molecular formula is C10H19N3O3. The van der Waals surface area contributed by atoms with Crippen LogP contribution in [0.25, 0.3) is 0 Å². The predicted molar refractivity (Wildman–Crippen MR) is 58.8 cm³/mol. The monoisotopic (exact) mass is 229 g/mol. The topological polar surface area (TPSA) is 104 Å². The number of aliphatic carboxylic acids is 1. The van der Waals surface area contributed by atoms with Crippen molar-refractivity contribution in [2.24, 2.45) is 11.7 Å².